The second kappa shape index (κ2) is 6.99. The molecule has 0 bridgehead atoms. The Morgan fingerprint density at radius 3 is 2.68 bits per heavy atom. The molecule has 122 valence electrons. The van der Waals surface area contributed by atoms with E-state index in [0.29, 0.717) is 19.3 Å². The Balaban J connectivity index is 1.69. The molecule has 0 saturated carbocycles. The van der Waals surface area contributed by atoms with Gasteiger partial charge >= 0.3 is 0 Å². The number of ether oxygens (including phenoxy) is 2. The topological polar surface area (TPSA) is 41.9 Å². The highest BCUT2D eigenvalue weighted by atomic mass is 16.7. The summed E-state index contributed by atoms with van der Waals surface area (Å²) in [6, 6.07) is 9.12. The van der Waals surface area contributed by atoms with E-state index in [4.69, 9.17) is 9.47 Å². The average molecular weight is 305 g/mol. The van der Waals surface area contributed by atoms with Crippen molar-refractivity contribution in [1.29, 1.82) is 0 Å². The van der Waals surface area contributed by atoms with Crippen molar-refractivity contribution in [3.8, 4) is 0 Å². The van der Waals surface area contributed by atoms with Gasteiger partial charge in [0.15, 0.2) is 6.29 Å². The van der Waals surface area contributed by atoms with Gasteiger partial charge in [-0.15, -0.1) is 0 Å². The number of aliphatic hydroxyl groups is 1. The molecule has 4 nitrogen and oxygen atoms in total. The monoisotopic (exact) mass is 305 g/mol. The van der Waals surface area contributed by atoms with Crippen molar-refractivity contribution >= 4 is 5.69 Å². The van der Waals surface area contributed by atoms with Crippen molar-refractivity contribution in [2.75, 3.05) is 18.1 Å². The number of para-hydroxylation sites is 1. The molecule has 4 heteroatoms. The largest absolute Gasteiger partial charge is 0.391 e. The molecule has 2 aliphatic rings. The summed E-state index contributed by atoms with van der Waals surface area (Å²) in [4.78, 5) is 2.39. The zero-order chi connectivity index (χ0) is 15.5. The smallest absolute Gasteiger partial charge is 0.157 e. The SMILES string of the molecule is CC(C)N1c2ccccc2CCC1C(O)CCC1OCCO1. The molecule has 2 atom stereocenters. The van der Waals surface area contributed by atoms with E-state index in [-0.39, 0.29) is 18.4 Å². The van der Waals surface area contributed by atoms with Crippen LogP contribution in [0.1, 0.15) is 38.7 Å². The molecule has 1 N–H and O–H groups in total. The lowest BCUT2D eigenvalue weighted by Gasteiger charge is -2.44. The van der Waals surface area contributed by atoms with Crippen molar-refractivity contribution in [2.24, 2.45) is 0 Å². The van der Waals surface area contributed by atoms with E-state index >= 15 is 0 Å². The zero-order valence-corrected chi connectivity index (χ0v) is 13.6. The Bertz CT molecular complexity index is 485. The van der Waals surface area contributed by atoms with E-state index in [1.165, 1.54) is 11.3 Å². The molecule has 22 heavy (non-hydrogen) atoms. The molecule has 2 heterocycles. The lowest BCUT2D eigenvalue weighted by molar-refractivity contribution is -0.0555. The van der Waals surface area contributed by atoms with Crippen LogP contribution in [0.5, 0.6) is 0 Å². The second-order valence-electron chi connectivity index (χ2n) is 6.55. The fraction of sp³-hybridized carbons (Fsp3) is 0.667. The summed E-state index contributed by atoms with van der Waals surface area (Å²) in [6.07, 6.45) is 3.06. The molecule has 0 amide bonds. The van der Waals surface area contributed by atoms with Crippen LogP contribution in [0.15, 0.2) is 24.3 Å². The predicted octanol–water partition coefficient (Wildman–Crippen LogP) is 2.73. The van der Waals surface area contributed by atoms with E-state index in [1.807, 2.05) is 0 Å². The maximum absolute atomic E-state index is 10.7. The van der Waals surface area contributed by atoms with Crippen LogP contribution in [0.2, 0.25) is 0 Å². The lowest BCUT2D eigenvalue weighted by atomic mass is 9.89. The fourth-order valence-corrected chi connectivity index (χ4v) is 3.71. The highest BCUT2D eigenvalue weighted by Crippen LogP contribution is 2.34. The van der Waals surface area contributed by atoms with Crippen molar-refractivity contribution in [1.82, 2.24) is 0 Å². The van der Waals surface area contributed by atoms with Gasteiger partial charge in [-0.1, -0.05) is 18.2 Å². The molecule has 1 aromatic carbocycles. The number of rotatable bonds is 5. The third kappa shape index (κ3) is 3.29. The van der Waals surface area contributed by atoms with Gasteiger partial charge in [0.1, 0.15) is 0 Å². The number of benzene rings is 1. The molecule has 2 unspecified atom stereocenters. The van der Waals surface area contributed by atoms with Crippen LogP contribution in [0, 0.1) is 0 Å². The molecule has 0 aliphatic carbocycles. The summed E-state index contributed by atoms with van der Waals surface area (Å²) in [5, 5.41) is 10.7. The second-order valence-corrected chi connectivity index (χ2v) is 6.55. The van der Waals surface area contributed by atoms with Gasteiger partial charge in [0.25, 0.3) is 0 Å². The maximum Gasteiger partial charge on any atom is 0.157 e. The van der Waals surface area contributed by atoms with E-state index < -0.39 is 0 Å². The van der Waals surface area contributed by atoms with Gasteiger partial charge in [0.05, 0.1) is 25.4 Å². The molecular formula is C18H27NO3. The van der Waals surface area contributed by atoms with Crippen LogP contribution >= 0.6 is 0 Å². The van der Waals surface area contributed by atoms with Gasteiger partial charge in [-0.05, 0) is 44.7 Å². The van der Waals surface area contributed by atoms with Gasteiger partial charge in [-0.3, -0.25) is 0 Å². The molecule has 1 saturated heterocycles. The average Bonchev–Trinajstić information content (AvgIpc) is 3.04. The minimum absolute atomic E-state index is 0.127. The van der Waals surface area contributed by atoms with E-state index in [1.54, 1.807) is 0 Å². The van der Waals surface area contributed by atoms with Crippen LogP contribution in [0.4, 0.5) is 5.69 Å². The number of aliphatic hydroxyl groups excluding tert-OH is 1. The molecule has 3 rings (SSSR count). The van der Waals surface area contributed by atoms with Crippen molar-refractivity contribution in [3.63, 3.8) is 0 Å². The third-order valence-corrected chi connectivity index (χ3v) is 4.73. The van der Waals surface area contributed by atoms with Gasteiger partial charge in [0.2, 0.25) is 0 Å². The summed E-state index contributed by atoms with van der Waals surface area (Å²) < 4.78 is 10.9. The Hall–Kier alpha value is -1.10. The number of hydrogen-bond donors (Lipinski definition) is 1. The number of hydrogen-bond acceptors (Lipinski definition) is 4. The van der Waals surface area contributed by atoms with Gasteiger partial charge < -0.3 is 19.5 Å². The Morgan fingerprint density at radius 1 is 1.23 bits per heavy atom. The Morgan fingerprint density at radius 2 is 1.95 bits per heavy atom. The number of anilines is 1. The van der Waals surface area contributed by atoms with Crippen molar-refractivity contribution in [3.05, 3.63) is 29.8 Å². The predicted molar refractivity (Wildman–Crippen MR) is 87.1 cm³/mol. The summed E-state index contributed by atoms with van der Waals surface area (Å²) >= 11 is 0. The fourth-order valence-electron chi connectivity index (χ4n) is 3.71. The van der Waals surface area contributed by atoms with Crippen LogP contribution in [-0.4, -0.2) is 42.8 Å². The summed E-state index contributed by atoms with van der Waals surface area (Å²) in [7, 11) is 0. The Labute approximate surface area is 133 Å². The molecule has 1 aromatic rings. The molecular weight excluding hydrogens is 278 g/mol. The van der Waals surface area contributed by atoms with Crippen LogP contribution in [-0.2, 0) is 15.9 Å². The summed E-state index contributed by atoms with van der Waals surface area (Å²) in [6.45, 7) is 5.75. The Kier molecular flexibility index (Phi) is 5.01. The van der Waals surface area contributed by atoms with Crippen LogP contribution in [0.3, 0.4) is 0 Å². The molecule has 0 radical (unpaired) electrons. The summed E-state index contributed by atoms with van der Waals surface area (Å²) in [5.41, 5.74) is 2.67. The quantitative estimate of drug-likeness (QED) is 0.908. The first kappa shape index (κ1) is 15.8. The van der Waals surface area contributed by atoms with Crippen molar-refractivity contribution in [2.45, 2.75) is 64.0 Å². The van der Waals surface area contributed by atoms with Crippen LogP contribution < -0.4 is 4.90 Å². The van der Waals surface area contributed by atoms with Crippen molar-refractivity contribution < 1.29 is 14.6 Å². The molecule has 0 aromatic heterocycles. The number of nitrogens with zero attached hydrogens (tertiary/aromatic N) is 1. The third-order valence-electron chi connectivity index (χ3n) is 4.73. The van der Waals surface area contributed by atoms with E-state index in [0.717, 1.165) is 25.7 Å². The first-order valence-electron chi connectivity index (χ1n) is 8.44. The zero-order valence-electron chi connectivity index (χ0n) is 13.6. The molecule has 0 spiro atoms. The van der Waals surface area contributed by atoms with Gasteiger partial charge in [-0.25, -0.2) is 0 Å². The maximum atomic E-state index is 10.7. The van der Waals surface area contributed by atoms with E-state index in [2.05, 4.69) is 43.0 Å². The summed E-state index contributed by atoms with van der Waals surface area (Å²) in [5.74, 6) is 0. The molecule has 1 fully saturated rings. The minimum Gasteiger partial charge on any atom is -0.391 e. The molecule has 2 aliphatic heterocycles. The first-order valence-corrected chi connectivity index (χ1v) is 8.44. The van der Waals surface area contributed by atoms with Crippen LogP contribution in [0.25, 0.3) is 0 Å². The normalized spacial score (nSPS) is 23.8. The van der Waals surface area contributed by atoms with Gasteiger partial charge in [-0.2, -0.15) is 0 Å². The van der Waals surface area contributed by atoms with E-state index in [9.17, 15) is 5.11 Å². The number of fused-ring (bicyclic) bond motifs is 1. The number of aryl methyl sites for hydroxylation is 1. The first-order chi connectivity index (χ1) is 10.7. The highest BCUT2D eigenvalue weighted by Gasteiger charge is 2.33. The highest BCUT2D eigenvalue weighted by molar-refractivity contribution is 5.57. The van der Waals surface area contributed by atoms with Gasteiger partial charge in [0, 0.05) is 18.2 Å². The standard InChI is InChI=1S/C18H27NO3/c1-13(2)19-15-6-4-3-5-14(15)7-8-16(19)17(20)9-10-18-21-11-12-22-18/h3-6,13,16-18,20H,7-12H2,1-2H3. The lowest BCUT2D eigenvalue weighted by Crippen LogP contribution is -2.50. The minimum atomic E-state index is -0.344.